The van der Waals surface area contributed by atoms with Crippen molar-refractivity contribution >= 4 is 18.1 Å². The minimum absolute atomic E-state index is 0.177. The van der Waals surface area contributed by atoms with Crippen molar-refractivity contribution in [1.82, 2.24) is 14.0 Å². The first kappa shape index (κ1) is 19.6. The maximum absolute atomic E-state index is 13.4. The molecule has 0 unspecified atom stereocenters. The molecule has 1 aliphatic rings. The minimum Gasteiger partial charge on any atom is -0.343 e. The van der Waals surface area contributed by atoms with Crippen molar-refractivity contribution in [2.24, 2.45) is 0 Å². The monoisotopic (exact) mass is 409 g/mol. The van der Waals surface area contributed by atoms with Gasteiger partial charge in [-0.25, -0.2) is 4.39 Å². The van der Waals surface area contributed by atoms with Crippen LogP contribution in [-0.4, -0.2) is 33.0 Å². The summed E-state index contributed by atoms with van der Waals surface area (Å²) in [5, 5.41) is 0. The number of imidazole rings is 1. The van der Waals surface area contributed by atoms with Crippen molar-refractivity contribution in [3.63, 3.8) is 0 Å². The van der Waals surface area contributed by atoms with Gasteiger partial charge < -0.3 is 9.47 Å². The predicted molar refractivity (Wildman–Crippen MR) is 115 cm³/mol. The molecule has 29 heavy (non-hydrogen) atoms. The van der Waals surface area contributed by atoms with Gasteiger partial charge in [-0.05, 0) is 68.4 Å². The van der Waals surface area contributed by atoms with Crippen LogP contribution in [0.25, 0.3) is 16.9 Å². The third-order valence-electron chi connectivity index (χ3n) is 5.41. The Labute approximate surface area is 175 Å². The quantitative estimate of drug-likeness (QED) is 0.547. The number of aryl methyl sites for hydroxylation is 2. The minimum atomic E-state index is -0.273. The summed E-state index contributed by atoms with van der Waals surface area (Å²) in [7, 11) is 0. The lowest BCUT2D eigenvalue weighted by molar-refractivity contribution is -0.130. The summed E-state index contributed by atoms with van der Waals surface area (Å²) in [6, 6.07) is 14.5. The van der Waals surface area contributed by atoms with Crippen molar-refractivity contribution in [2.45, 2.75) is 32.7 Å². The molecule has 2 aromatic carbocycles. The van der Waals surface area contributed by atoms with Crippen LogP contribution < -0.4 is 0 Å². The number of hydrogen-bond acceptors (Lipinski definition) is 2. The number of carbonyl (C=O) groups excluding carboxylic acids is 1. The van der Waals surface area contributed by atoms with E-state index in [1.54, 1.807) is 12.1 Å². The Bertz CT molecular complexity index is 1060. The Balaban J connectivity index is 1.70. The summed E-state index contributed by atoms with van der Waals surface area (Å²) in [6.45, 7) is 4.28. The summed E-state index contributed by atoms with van der Waals surface area (Å²) >= 11 is 5.77. The molecule has 1 aromatic heterocycles. The normalized spacial score (nSPS) is 13.8. The Morgan fingerprint density at radius 2 is 1.69 bits per heavy atom. The van der Waals surface area contributed by atoms with Crippen molar-refractivity contribution in [3.8, 4) is 16.9 Å². The standard InChI is InChI=1S/C23H24FN3OS/c1-17-4-10-20(11-5-17)27-21(18-6-8-19(24)9-7-18)16-26(23(27)29)15-12-22(28)25-13-2-3-14-25/h4-11,16H,2-3,12-15H2,1H3. The summed E-state index contributed by atoms with van der Waals surface area (Å²) in [5.74, 6) is -0.0966. The van der Waals surface area contributed by atoms with E-state index in [0.29, 0.717) is 17.7 Å². The van der Waals surface area contributed by atoms with Crippen LogP contribution in [-0.2, 0) is 11.3 Å². The van der Waals surface area contributed by atoms with Gasteiger partial charge in [0.2, 0.25) is 5.91 Å². The van der Waals surface area contributed by atoms with Gasteiger partial charge in [0.25, 0.3) is 0 Å². The second kappa shape index (κ2) is 8.33. The fourth-order valence-corrected chi connectivity index (χ4v) is 4.11. The molecule has 0 atom stereocenters. The molecule has 0 aliphatic carbocycles. The molecule has 4 rings (SSSR count). The fraction of sp³-hybridized carbons (Fsp3) is 0.304. The number of carbonyl (C=O) groups is 1. The Hall–Kier alpha value is -2.73. The van der Waals surface area contributed by atoms with Gasteiger partial charge in [-0.2, -0.15) is 0 Å². The number of hydrogen-bond donors (Lipinski definition) is 0. The smallest absolute Gasteiger partial charge is 0.224 e. The zero-order valence-electron chi connectivity index (χ0n) is 16.5. The molecule has 1 amide bonds. The van der Waals surface area contributed by atoms with Gasteiger partial charge in [-0.15, -0.1) is 0 Å². The van der Waals surface area contributed by atoms with Crippen molar-refractivity contribution in [3.05, 3.63) is 70.9 Å². The van der Waals surface area contributed by atoms with E-state index >= 15 is 0 Å². The molecule has 3 aromatic rings. The lowest BCUT2D eigenvalue weighted by atomic mass is 10.1. The molecule has 1 aliphatic heterocycles. The number of halogens is 1. The molecule has 0 N–H and O–H groups in total. The van der Waals surface area contributed by atoms with E-state index in [4.69, 9.17) is 12.2 Å². The molecule has 0 saturated carbocycles. The zero-order valence-corrected chi connectivity index (χ0v) is 17.3. The second-order valence-corrected chi connectivity index (χ2v) is 7.87. The lowest BCUT2D eigenvalue weighted by Gasteiger charge is -2.15. The lowest BCUT2D eigenvalue weighted by Crippen LogP contribution is -2.28. The third kappa shape index (κ3) is 4.17. The Morgan fingerprint density at radius 3 is 2.34 bits per heavy atom. The highest BCUT2D eigenvalue weighted by Crippen LogP contribution is 2.26. The van der Waals surface area contributed by atoms with Crippen molar-refractivity contribution in [1.29, 1.82) is 0 Å². The van der Waals surface area contributed by atoms with E-state index in [-0.39, 0.29) is 11.7 Å². The van der Waals surface area contributed by atoms with E-state index in [2.05, 4.69) is 0 Å². The molecule has 150 valence electrons. The van der Waals surface area contributed by atoms with Gasteiger partial charge in [0.15, 0.2) is 4.77 Å². The molecule has 1 saturated heterocycles. The number of amides is 1. The van der Waals surface area contributed by atoms with Gasteiger partial charge in [0.05, 0.1) is 5.69 Å². The van der Waals surface area contributed by atoms with Crippen LogP contribution in [0.3, 0.4) is 0 Å². The summed E-state index contributed by atoms with van der Waals surface area (Å²) in [4.78, 5) is 14.4. The summed E-state index contributed by atoms with van der Waals surface area (Å²) in [5.41, 5.74) is 3.87. The van der Waals surface area contributed by atoms with Crippen LogP contribution in [0.15, 0.2) is 54.7 Å². The number of rotatable bonds is 5. The van der Waals surface area contributed by atoms with Crippen molar-refractivity contribution < 1.29 is 9.18 Å². The predicted octanol–water partition coefficient (Wildman–Crippen LogP) is 5.14. The summed E-state index contributed by atoms with van der Waals surface area (Å²) in [6.07, 6.45) is 4.56. The summed E-state index contributed by atoms with van der Waals surface area (Å²) < 4.78 is 18.0. The van der Waals surface area contributed by atoms with Gasteiger partial charge in [0, 0.05) is 43.5 Å². The maximum Gasteiger partial charge on any atom is 0.224 e. The van der Waals surface area contributed by atoms with Crippen LogP contribution in [0, 0.1) is 17.5 Å². The molecule has 2 heterocycles. The van der Waals surface area contributed by atoms with Crippen LogP contribution in [0.2, 0.25) is 0 Å². The van der Waals surface area contributed by atoms with E-state index < -0.39 is 0 Å². The highest BCUT2D eigenvalue weighted by atomic mass is 32.1. The Morgan fingerprint density at radius 1 is 1.03 bits per heavy atom. The van der Waals surface area contributed by atoms with E-state index in [9.17, 15) is 9.18 Å². The largest absolute Gasteiger partial charge is 0.343 e. The SMILES string of the molecule is Cc1ccc(-n2c(-c3ccc(F)cc3)cn(CCC(=O)N3CCCC3)c2=S)cc1. The van der Waals surface area contributed by atoms with Gasteiger partial charge in [-0.3, -0.25) is 9.36 Å². The molecule has 1 fully saturated rings. The number of benzene rings is 2. The number of aromatic nitrogens is 2. The van der Waals surface area contributed by atoms with E-state index in [0.717, 1.165) is 42.9 Å². The average molecular weight is 410 g/mol. The van der Waals surface area contributed by atoms with Gasteiger partial charge in [-0.1, -0.05) is 17.7 Å². The highest BCUT2D eigenvalue weighted by Gasteiger charge is 2.19. The fourth-order valence-electron chi connectivity index (χ4n) is 3.76. The van der Waals surface area contributed by atoms with Gasteiger partial charge >= 0.3 is 0 Å². The molecule has 0 spiro atoms. The van der Waals surface area contributed by atoms with Gasteiger partial charge in [0.1, 0.15) is 5.82 Å². The Kier molecular flexibility index (Phi) is 5.62. The van der Waals surface area contributed by atoms with E-state index in [1.807, 2.05) is 51.4 Å². The van der Waals surface area contributed by atoms with Crippen molar-refractivity contribution in [2.75, 3.05) is 13.1 Å². The third-order valence-corrected chi connectivity index (χ3v) is 5.83. The first-order chi connectivity index (χ1) is 14.0. The molecular formula is C23H24FN3OS. The van der Waals surface area contributed by atoms with Crippen LogP contribution in [0.4, 0.5) is 4.39 Å². The zero-order chi connectivity index (χ0) is 20.4. The van der Waals surface area contributed by atoms with Crippen LogP contribution in [0.5, 0.6) is 0 Å². The first-order valence-corrected chi connectivity index (χ1v) is 10.4. The first-order valence-electron chi connectivity index (χ1n) is 9.96. The topological polar surface area (TPSA) is 30.2 Å². The molecule has 0 bridgehead atoms. The number of nitrogens with zero attached hydrogens (tertiary/aromatic N) is 3. The van der Waals surface area contributed by atoms with Crippen LogP contribution in [0.1, 0.15) is 24.8 Å². The average Bonchev–Trinajstić information content (AvgIpc) is 3.36. The molecule has 0 radical (unpaired) electrons. The molecule has 6 heteroatoms. The maximum atomic E-state index is 13.4. The molecule has 4 nitrogen and oxygen atoms in total. The highest BCUT2D eigenvalue weighted by molar-refractivity contribution is 7.71. The van der Waals surface area contributed by atoms with E-state index in [1.165, 1.54) is 17.7 Å². The number of likely N-dealkylation sites (tertiary alicyclic amines) is 1. The second-order valence-electron chi connectivity index (χ2n) is 7.51. The molecular weight excluding hydrogens is 385 g/mol. The van der Waals surface area contributed by atoms with Crippen LogP contribution >= 0.6 is 12.2 Å².